The van der Waals surface area contributed by atoms with Crippen molar-refractivity contribution in [2.45, 2.75) is 19.3 Å². The molecular formula is C23H25N3O4. The van der Waals surface area contributed by atoms with Crippen LogP contribution >= 0.6 is 0 Å². The summed E-state index contributed by atoms with van der Waals surface area (Å²) in [6.07, 6.45) is -0.550. The van der Waals surface area contributed by atoms with E-state index in [2.05, 4.69) is 10.2 Å². The van der Waals surface area contributed by atoms with E-state index in [9.17, 15) is 4.79 Å². The van der Waals surface area contributed by atoms with Gasteiger partial charge in [-0.15, -0.1) is 0 Å². The van der Waals surface area contributed by atoms with E-state index in [0.717, 1.165) is 27.9 Å². The Morgan fingerprint density at radius 1 is 1.07 bits per heavy atom. The quantitative estimate of drug-likeness (QED) is 0.606. The lowest BCUT2D eigenvalue weighted by Gasteiger charge is -2.29. The molecule has 1 aliphatic heterocycles. The lowest BCUT2D eigenvalue weighted by atomic mass is 9.95. The van der Waals surface area contributed by atoms with Gasteiger partial charge in [0.05, 0.1) is 25.4 Å². The van der Waals surface area contributed by atoms with Gasteiger partial charge in [-0.3, -0.25) is 9.89 Å². The number of carbonyl (C=O) groups is 1. The number of hydrogen-bond donors (Lipinski definition) is 1. The highest BCUT2D eigenvalue weighted by atomic mass is 16.7. The number of aryl methyl sites for hydroxylation is 1. The van der Waals surface area contributed by atoms with Gasteiger partial charge in [-0.05, 0) is 13.0 Å². The molecule has 3 aromatic rings. The maximum absolute atomic E-state index is 13.3. The molecule has 7 heteroatoms. The fourth-order valence-electron chi connectivity index (χ4n) is 3.94. The van der Waals surface area contributed by atoms with E-state index in [1.165, 1.54) is 0 Å². The molecule has 2 heterocycles. The van der Waals surface area contributed by atoms with Gasteiger partial charge in [-0.25, -0.2) is 0 Å². The Kier molecular flexibility index (Phi) is 5.57. The minimum Gasteiger partial charge on any atom is -0.496 e. The normalized spacial score (nSPS) is 15.7. The molecule has 4 rings (SSSR count). The van der Waals surface area contributed by atoms with Gasteiger partial charge >= 0.3 is 0 Å². The van der Waals surface area contributed by atoms with Crippen LogP contribution in [0.15, 0.2) is 48.5 Å². The second kappa shape index (κ2) is 8.30. The number of benzene rings is 2. The van der Waals surface area contributed by atoms with Crippen molar-refractivity contribution >= 4 is 5.91 Å². The summed E-state index contributed by atoms with van der Waals surface area (Å²) in [7, 11) is 4.75. The van der Waals surface area contributed by atoms with Crippen molar-refractivity contribution in [3.63, 3.8) is 0 Å². The predicted octanol–water partition coefficient (Wildman–Crippen LogP) is 3.56. The largest absolute Gasteiger partial charge is 0.496 e. The summed E-state index contributed by atoms with van der Waals surface area (Å²) in [6, 6.07) is 15.4. The van der Waals surface area contributed by atoms with Gasteiger partial charge in [-0.2, -0.15) is 5.10 Å². The molecule has 0 aliphatic carbocycles. The van der Waals surface area contributed by atoms with Crippen molar-refractivity contribution in [3.8, 4) is 17.0 Å². The second-order valence-corrected chi connectivity index (χ2v) is 7.23. The van der Waals surface area contributed by atoms with Crippen LogP contribution in [0.4, 0.5) is 0 Å². The predicted molar refractivity (Wildman–Crippen MR) is 112 cm³/mol. The van der Waals surface area contributed by atoms with E-state index in [1.807, 2.05) is 55.5 Å². The summed E-state index contributed by atoms with van der Waals surface area (Å²) in [5.41, 5.74) is 5.05. The van der Waals surface area contributed by atoms with Crippen molar-refractivity contribution in [1.82, 2.24) is 15.1 Å². The Hall–Kier alpha value is -3.16. The Balaban J connectivity index is 1.88. The summed E-state index contributed by atoms with van der Waals surface area (Å²) in [4.78, 5) is 15.1. The molecule has 2 aromatic carbocycles. The van der Waals surface area contributed by atoms with Gasteiger partial charge in [-0.1, -0.05) is 48.0 Å². The lowest BCUT2D eigenvalue weighted by molar-refractivity contribution is -0.113. The van der Waals surface area contributed by atoms with Gasteiger partial charge in [0.1, 0.15) is 11.4 Å². The van der Waals surface area contributed by atoms with Crippen molar-refractivity contribution in [1.29, 1.82) is 0 Å². The molecule has 0 spiro atoms. The molecule has 30 heavy (non-hydrogen) atoms. The molecule has 0 saturated heterocycles. The Morgan fingerprint density at radius 3 is 2.43 bits per heavy atom. The number of aromatic amines is 1. The van der Waals surface area contributed by atoms with Crippen LogP contribution in [-0.2, 0) is 9.47 Å². The first-order valence-electron chi connectivity index (χ1n) is 9.73. The number of aromatic nitrogens is 2. The number of methoxy groups -OCH3 is 3. The van der Waals surface area contributed by atoms with Crippen LogP contribution < -0.4 is 4.74 Å². The number of rotatable bonds is 7. The number of fused-ring (bicyclic) bond motifs is 1. The standard InChI is InChI=1S/C23H25N3O4/c1-14-9-11-15(12-10-14)20-19-21(25-24-20)23(27)26(13-18(29-3)30-4)22(19)16-7-5-6-8-17(16)28-2/h5-12,18,22H,13H2,1-4H3,(H,24,25). The van der Waals surface area contributed by atoms with Crippen LogP contribution in [0.2, 0.25) is 0 Å². The third-order valence-electron chi connectivity index (χ3n) is 5.49. The number of ether oxygens (including phenoxy) is 3. The molecule has 7 nitrogen and oxygen atoms in total. The number of H-pyrrole nitrogens is 1. The number of carbonyl (C=O) groups excluding carboxylic acids is 1. The highest BCUT2D eigenvalue weighted by Crippen LogP contribution is 2.45. The highest BCUT2D eigenvalue weighted by molar-refractivity contribution is 6.00. The second-order valence-electron chi connectivity index (χ2n) is 7.23. The topological polar surface area (TPSA) is 76.7 Å². The van der Waals surface area contributed by atoms with Crippen LogP contribution in [0.3, 0.4) is 0 Å². The van der Waals surface area contributed by atoms with E-state index >= 15 is 0 Å². The van der Waals surface area contributed by atoms with Crippen molar-refractivity contribution < 1.29 is 19.0 Å². The van der Waals surface area contributed by atoms with E-state index < -0.39 is 6.29 Å². The zero-order chi connectivity index (χ0) is 21.3. The Morgan fingerprint density at radius 2 is 1.77 bits per heavy atom. The summed E-state index contributed by atoms with van der Waals surface area (Å²) in [5.74, 6) is 0.557. The number of para-hydroxylation sites is 1. The average molecular weight is 407 g/mol. The molecular weight excluding hydrogens is 382 g/mol. The third kappa shape index (κ3) is 3.36. The zero-order valence-corrected chi connectivity index (χ0v) is 17.5. The minimum absolute atomic E-state index is 0.147. The monoisotopic (exact) mass is 407 g/mol. The molecule has 1 unspecified atom stereocenters. The highest BCUT2D eigenvalue weighted by Gasteiger charge is 2.44. The smallest absolute Gasteiger partial charge is 0.273 e. The maximum Gasteiger partial charge on any atom is 0.273 e. The van der Waals surface area contributed by atoms with Gasteiger partial charge in [0.2, 0.25) is 0 Å². The van der Waals surface area contributed by atoms with E-state index in [-0.39, 0.29) is 18.5 Å². The number of amides is 1. The number of nitrogens with zero attached hydrogens (tertiary/aromatic N) is 2. The fourth-order valence-corrected chi connectivity index (χ4v) is 3.94. The molecule has 1 amide bonds. The summed E-state index contributed by atoms with van der Waals surface area (Å²) < 4.78 is 16.4. The zero-order valence-electron chi connectivity index (χ0n) is 17.5. The summed E-state index contributed by atoms with van der Waals surface area (Å²) in [5, 5.41) is 7.46. The Labute approximate surface area is 175 Å². The first-order valence-corrected chi connectivity index (χ1v) is 9.73. The maximum atomic E-state index is 13.3. The lowest BCUT2D eigenvalue weighted by Crippen LogP contribution is -2.38. The van der Waals surface area contributed by atoms with Gasteiger partial charge < -0.3 is 19.1 Å². The third-order valence-corrected chi connectivity index (χ3v) is 5.49. The molecule has 1 N–H and O–H groups in total. The van der Waals surface area contributed by atoms with Crippen LogP contribution in [0, 0.1) is 6.92 Å². The van der Waals surface area contributed by atoms with Crippen molar-refractivity contribution in [3.05, 3.63) is 70.9 Å². The minimum atomic E-state index is -0.550. The molecule has 1 atom stereocenters. The van der Waals surface area contributed by atoms with Crippen LogP contribution in [0.1, 0.15) is 33.2 Å². The van der Waals surface area contributed by atoms with Crippen LogP contribution in [0.5, 0.6) is 5.75 Å². The van der Waals surface area contributed by atoms with Gasteiger partial charge in [0.15, 0.2) is 6.29 Å². The van der Waals surface area contributed by atoms with Gasteiger partial charge in [0.25, 0.3) is 5.91 Å². The first-order chi connectivity index (χ1) is 14.6. The molecule has 1 aliphatic rings. The fraction of sp³-hybridized carbons (Fsp3) is 0.304. The summed E-state index contributed by atoms with van der Waals surface area (Å²) >= 11 is 0. The molecule has 1 aromatic heterocycles. The van der Waals surface area contributed by atoms with Crippen molar-refractivity contribution in [2.75, 3.05) is 27.9 Å². The molecule has 0 fully saturated rings. The van der Waals surface area contributed by atoms with E-state index in [4.69, 9.17) is 14.2 Å². The van der Waals surface area contributed by atoms with Gasteiger partial charge in [0, 0.05) is 30.9 Å². The number of nitrogens with one attached hydrogen (secondary N) is 1. The molecule has 0 saturated carbocycles. The van der Waals surface area contributed by atoms with E-state index in [1.54, 1.807) is 26.2 Å². The Bertz CT molecular complexity index is 1040. The molecule has 0 bridgehead atoms. The van der Waals surface area contributed by atoms with Crippen molar-refractivity contribution in [2.24, 2.45) is 0 Å². The average Bonchev–Trinajstić information content (AvgIpc) is 3.31. The first kappa shape index (κ1) is 20.1. The summed E-state index contributed by atoms with van der Waals surface area (Å²) in [6.45, 7) is 2.31. The van der Waals surface area contributed by atoms with Crippen LogP contribution in [-0.4, -0.2) is 55.2 Å². The van der Waals surface area contributed by atoms with Crippen LogP contribution in [0.25, 0.3) is 11.3 Å². The van der Waals surface area contributed by atoms with E-state index in [0.29, 0.717) is 11.4 Å². The molecule has 156 valence electrons. The molecule has 0 radical (unpaired) electrons. The SMILES string of the molecule is COc1ccccc1C1c2c(-c3ccc(C)cc3)n[nH]c2C(=O)N1CC(OC)OC. The number of hydrogen-bond acceptors (Lipinski definition) is 5.